The second-order valence-corrected chi connectivity index (χ2v) is 11.6. The highest BCUT2D eigenvalue weighted by atomic mass is 28.3. The Kier molecular flexibility index (Phi) is 6.41. The van der Waals surface area contributed by atoms with Crippen LogP contribution in [0.5, 0.6) is 0 Å². The van der Waals surface area contributed by atoms with Gasteiger partial charge < -0.3 is 9.47 Å². The van der Waals surface area contributed by atoms with Crippen molar-refractivity contribution in [3.8, 4) is 0 Å². The fourth-order valence-corrected chi connectivity index (χ4v) is 6.96. The van der Waals surface area contributed by atoms with Gasteiger partial charge in [0.25, 0.3) is 0 Å². The predicted molar refractivity (Wildman–Crippen MR) is 90.1 cm³/mol. The Hall–Kier alpha value is -1.10. The molecule has 0 aliphatic heterocycles. The van der Waals surface area contributed by atoms with Gasteiger partial charge in [0, 0.05) is 0 Å². The molecular weight excluding hydrogens is 296 g/mol. The summed E-state index contributed by atoms with van der Waals surface area (Å²) in [6, 6.07) is 3.58. The molecule has 1 saturated carbocycles. The Morgan fingerprint density at radius 2 is 1.59 bits per heavy atom. The van der Waals surface area contributed by atoms with Crippen LogP contribution in [0.2, 0.25) is 18.1 Å². The van der Waals surface area contributed by atoms with E-state index in [9.17, 15) is 9.59 Å². The van der Waals surface area contributed by atoms with Gasteiger partial charge in [-0.3, -0.25) is 9.59 Å². The zero-order valence-electron chi connectivity index (χ0n) is 14.8. The first-order valence-corrected chi connectivity index (χ1v) is 10.9. The molecule has 0 spiro atoms. The third-order valence-corrected chi connectivity index (χ3v) is 10.8. The van der Waals surface area contributed by atoms with E-state index in [4.69, 9.17) is 9.47 Å². The van der Waals surface area contributed by atoms with Gasteiger partial charge in [-0.25, -0.2) is 0 Å². The highest BCUT2D eigenvalue weighted by Gasteiger charge is 2.54. The van der Waals surface area contributed by atoms with Crippen molar-refractivity contribution in [1.82, 2.24) is 0 Å². The Balaban J connectivity index is 3.23. The molecule has 126 valence electrons. The number of hydrogen-bond acceptors (Lipinski definition) is 4. The number of ether oxygens (including phenoxy) is 2. The van der Waals surface area contributed by atoms with E-state index in [2.05, 4.69) is 33.4 Å². The largest absolute Gasteiger partial charge is 0.468 e. The molecule has 1 aliphatic carbocycles. The van der Waals surface area contributed by atoms with Gasteiger partial charge in [0.05, 0.1) is 22.3 Å². The second kappa shape index (κ2) is 7.44. The van der Waals surface area contributed by atoms with Crippen LogP contribution in [0.4, 0.5) is 0 Å². The first-order valence-electron chi connectivity index (χ1n) is 8.23. The van der Waals surface area contributed by atoms with Gasteiger partial charge in [-0.2, -0.15) is 0 Å². The van der Waals surface area contributed by atoms with Crippen molar-refractivity contribution in [2.45, 2.75) is 58.7 Å². The lowest BCUT2D eigenvalue weighted by molar-refractivity contribution is -0.168. The van der Waals surface area contributed by atoms with Gasteiger partial charge in [0.1, 0.15) is 0 Å². The highest BCUT2D eigenvalue weighted by molar-refractivity contribution is 6.84. The van der Waals surface area contributed by atoms with Gasteiger partial charge in [-0.15, -0.1) is 0 Å². The number of esters is 2. The summed E-state index contributed by atoms with van der Waals surface area (Å²) in [7, 11) is 1.23. The maximum atomic E-state index is 12.3. The smallest absolute Gasteiger partial charge is 0.323 e. The Labute approximate surface area is 135 Å². The van der Waals surface area contributed by atoms with Crippen molar-refractivity contribution in [2.75, 3.05) is 14.2 Å². The molecule has 0 amide bonds. The quantitative estimate of drug-likeness (QED) is 0.424. The summed E-state index contributed by atoms with van der Waals surface area (Å²) in [4.78, 5) is 24.5. The Morgan fingerprint density at radius 3 is 1.95 bits per heavy atom. The molecule has 0 N–H and O–H groups in total. The molecule has 1 atom stereocenters. The van der Waals surface area contributed by atoms with Crippen molar-refractivity contribution in [3.63, 3.8) is 0 Å². The van der Waals surface area contributed by atoms with Gasteiger partial charge in [-0.05, 0) is 18.8 Å². The van der Waals surface area contributed by atoms with Crippen molar-refractivity contribution in [2.24, 2.45) is 11.3 Å². The van der Waals surface area contributed by atoms with Crippen LogP contribution in [-0.2, 0) is 19.1 Å². The molecule has 0 bridgehead atoms. The monoisotopic (exact) mass is 326 g/mol. The summed E-state index contributed by atoms with van der Waals surface area (Å²) in [6.07, 6.45) is 0.933. The van der Waals surface area contributed by atoms with Gasteiger partial charge in [0.2, 0.25) is 0 Å². The van der Waals surface area contributed by atoms with Crippen LogP contribution in [0.25, 0.3) is 0 Å². The number of hydrogen-bond donors (Lipinski definition) is 0. The van der Waals surface area contributed by atoms with E-state index in [0.717, 1.165) is 0 Å². The summed E-state index contributed by atoms with van der Waals surface area (Å²) in [6.45, 7) is 8.86. The topological polar surface area (TPSA) is 52.6 Å². The highest BCUT2D eigenvalue weighted by Crippen LogP contribution is 2.48. The van der Waals surface area contributed by atoms with E-state index >= 15 is 0 Å². The van der Waals surface area contributed by atoms with Crippen molar-refractivity contribution >= 4 is 20.0 Å². The summed E-state index contributed by atoms with van der Waals surface area (Å²) >= 11 is 0. The molecule has 0 aromatic rings. The second-order valence-electron chi connectivity index (χ2n) is 6.49. The lowest BCUT2D eigenvalue weighted by Crippen LogP contribution is -2.39. The summed E-state index contributed by atoms with van der Waals surface area (Å²) < 4.78 is 9.82. The van der Waals surface area contributed by atoms with E-state index in [1.54, 1.807) is 0 Å². The van der Waals surface area contributed by atoms with Crippen molar-refractivity contribution in [1.29, 1.82) is 0 Å². The fourth-order valence-electron chi connectivity index (χ4n) is 3.68. The summed E-state index contributed by atoms with van der Waals surface area (Å²) in [5.41, 5.74) is 2.54. The molecule has 0 radical (unpaired) electrons. The molecule has 0 saturated heterocycles. The molecule has 0 heterocycles. The molecule has 0 aromatic carbocycles. The normalized spacial score (nSPS) is 22.6. The average molecular weight is 327 g/mol. The van der Waals surface area contributed by atoms with Crippen LogP contribution in [0.3, 0.4) is 0 Å². The summed E-state index contributed by atoms with van der Waals surface area (Å²) in [5, 5.41) is 0. The zero-order chi connectivity index (χ0) is 17.0. The Morgan fingerprint density at radius 1 is 1.14 bits per heavy atom. The Bertz CT molecular complexity index is 427. The molecule has 1 aliphatic rings. The van der Waals surface area contributed by atoms with Crippen LogP contribution in [-0.4, -0.2) is 34.2 Å². The number of rotatable bonds is 6. The number of carbonyl (C=O) groups excluding carboxylic acids is 2. The number of carbonyl (C=O) groups is 2. The number of allylic oxidation sites excluding steroid dienone is 1. The minimum atomic E-state index is -1.44. The van der Waals surface area contributed by atoms with E-state index < -0.39 is 25.4 Å². The SMILES string of the molecule is CC[Si](/C=C1\CC(C(=O)OC)(C(=O)OC)CC1C)(CC)CC. The third kappa shape index (κ3) is 3.29. The molecule has 1 fully saturated rings. The van der Waals surface area contributed by atoms with Gasteiger partial charge >= 0.3 is 11.9 Å². The molecular formula is C17H30O4Si. The fraction of sp³-hybridized carbons (Fsp3) is 0.765. The van der Waals surface area contributed by atoms with Gasteiger partial charge in [-0.1, -0.05) is 57.1 Å². The lowest BCUT2D eigenvalue weighted by Gasteiger charge is -2.26. The zero-order valence-corrected chi connectivity index (χ0v) is 15.8. The van der Waals surface area contributed by atoms with Crippen LogP contribution in [0.15, 0.2) is 11.3 Å². The molecule has 4 nitrogen and oxygen atoms in total. The minimum Gasteiger partial charge on any atom is -0.468 e. The summed E-state index contributed by atoms with van der Waals surface area (Å²) in [5.74, 6) is -0.715. The predicted octanol–water partition coefficient (Wildman–Crippen LogP) is 3.72. The standard InChI is InChI=1S/C17H30O4Si/c1-7-22(8-2,9-3)12-14-11-17(10-13(14)4,15(18)20-5)16(19)21-6/h12-13H,7-11H2,1-6H3/b14-12+. The third-order valence-electron chi connectivity index (χ3n) is 5.55. The van der Waals surface area contributed by atoms with E-state index in [1.165, 1.54) is 37.9 Å². The number of methoxy groups -OCH3 is 2. The maximum Gasteiger partial charge on any atom is 0.323 e. The van der Waals surface area contributed by atoms with Crippen molar-refractivity contribution < 1.29 is 19.1 Å². The molecule has 0 aromatic heterocycles. The van der Waals surface area contributed by atoms with E-state index in [0.29, 0.717) is 12.8 Å². The van der Waals surface area contributed by atoms with Crippen LogP contribution >= 0.6 is 0 Å². The van der Waals surface area contributed by atoms with E-state index in [-0.39, 0.29) is 5.92 Å². The first kappa shape index (κ1) is 18.9. The molecule has 5 heteroatoms. The molecule has 1 rings (SSSR count). The molecule has 22 heavy (non-hydrogen) atoms. The van der Waals surface area contributed by atoms with Crippen LogP contribution in [0.1, 0.15) is 40.5 Å². The first-order chi connectivity index (χ1) is 10.3. The minimum absolute atomic E-state index is 0.217. The lowest BCUT2D eigenvalue weighted by atomic mass is 9.85. The maximum absolute atomic E-state index is 12.3. The average Bonchev–Trinajstić information content (AvgIpc) is 2.88. The van der Waals surface area contributed by atoms with Gasteiger partial charge in [0.15, 0.2) is 5.41 Å². The van der Waals surface area contributed by atoms with E-state index in [1.807, 2.05) is 0 Å². The molecule has 1 unspecified atom stereocenters. The van der Waals surface area contributed by atoms with Crippen molar-refractivity contribution in [3.05, 3.63) is 11.3 Å². The van der Waals surface area contributed by atoms with Crippen LogP contribution in [0, 0.1) is 11.3 Å². The van der Waals surface area contributed by atoms with Crippen LogP contribution < -0.4 is 0 Å².